The predicted octanol–water partition coefficient (Wildman–Crippen LogP) is 1.46. The van der Waals surface area contributed by atoms with Gasteiger partial charge in [-0.3, -0.25) is 9.59 Å². The fraction of sp³-hybridized carbons (Fsp3) is 0.875. The first-order valence-corrected chi connectivity index (χ1v) is 8.16. The molecule has 0 radical (unpaired) electrons. The van der Waals surface area contributed by atoms with Crippen LogP contribution in [0.5, 0.6) is 0 Å². The molecule has 1 aliphatic heterocycles. The van der Waals surface area contributed by atoms with Crippen molar-refractivity contribution in [3.63, 3.8) is 0 Å². The number of rotatable bonds is 3. The maximum absolute atomic E-state index is 13.1. The second kappa shape index (κ2) is 5.27. The molecular formula is C16H26N2O3. The minimum absolute atomic E-state index is 0.0346. The number of methoxy groups -OCH3 is 1. The highest BCUT2D eigenvalue weighted by atomic mass is 16.5. The zero-order valence-corrected chi connectivity index (χ0v) is 13.2. The fourth-order valence-electron chi connectivity index (χ4n) is 4.15. The Bertz CT molecular complexity index is 437. The molecule has 0 aromatic rings. The van der Waals surface area contributed by atoms with Gasteiger partial charge in [-0.15, -0.1) is 0 Å². The molecule has 1 N–H and O–H groups in total. The summed E-state index contributed by atoms with van der Waals surface area (Å²) in [6, 6.07) is -0.162. The molecule has 2 aliphatic carbocycles. The molecule has 0 aromatic carbocycles. The normalized spacial score (nSPS) is 35.2. The van der Waals surface area contributed by atoms with E-state index in [2.05, 4.69) is 5.32 Å². The minimum atomic E-state index is -0.610. The first kappa shape index (κ1) is 14.8. The highest BCUT2D eigenvalue weighted by molar-refractivity contribution is 6.00. The molecule has 3 rings (SSSR count). The third-order valence-corrected chi connectivity index (χ3v) is 5.46. The summed E-state index contributed by atoms with van der Waals surface area (Å²) in [7, 11) is 1.71. The zero-order valence-electron chi connectivity index (χ0n) is 13.2. The summed E-state index contributed by atoms with van der Waals surface area (Å²) >= 11 is 0. The molecule has 5 nitrogen and oxygen atoms in total. The maximum atomic E-state index is 13.1. The second-order valence-corrected chi connectivity index (χ2v) is 7.16. The Morgan fingerprint density at radius 1 is 1.24 bits per heavy atom. The van der Waals surface area contributed by atoms with E-state index < -0.39 is 5.54 Å². The molecule has 1 heterocycles. The van der Waals surface area contributed by atoms with Crippen LogP contribution in [0.1, 0.15) is 52.4 Å². The Balaban J connectivity index is 1.87. The van der Waals surface area contributed by atoms with Crippen LogP contribution in [0.25, 0.3) is 0 Å². The number of nitrogens with zero attached hydrogens (tertiary/aromatic N) is 1. The van der Waals surface area contributed by atoms with Crippen molar-refractivity contribution in [2.45, 2.75) is 76.1 Å². The Morgan fingerprint density at radius 3 is 2.38 bits per heavy atom. The van der Waals surface area contributed by atoms with Gasteiger partial charge in [0, 0.05) is 13.2 Å². The summed E-state index contributed by atoms with van der Waals surface area (Å²) < 4.78 is 5.34. The molecular weight excluding hydrogens is 268 g/mol. The monoisotopic (exact) mass is 294 g/mol. The quantitative estimate of drug-likeness (QED) is 0.857. The van der Waals surface area contributed by atoms with Gasteiger partial charge in [-0.05, 0) is 31.6 Å². The Labute approximate surface area is 126 Å². The molecule has 0 aromatic heterocycles. The number of ether oxygens (including phenoxy) is 1. The minimum Gasteiger partial charge on any atom is -0.381 e. The Morgan fingerprint density at radius 2 is 1.86 bits per heavy atom. The first-order valence-electron chi connectivity index (χ1n) is 8.16. The summed E-state index contributed by atoms with van der Waals surface area (Å²) in [6.45, 7) is 4.03. The number of hydrogen-bond acceptors (Lipinski definition) is 3. The maximum Gasteiger partial charge on any atom is 0.249 e. The van der Waals surface area contributed by atoms with Crippen molar-refractivity contribution in [1.29, 1.82) is 0 Å². The molecule has 0 bridgehead atoms. The van der Waals surface area contributed by atoms with Gasteiger partial charge in [0.25, 0.3) is 0 Å². The second-order valence-electron chi connectivity index (χ2n) is 7.16. The van der Waals surface area contributed by atoms with Crippen molar-refractivity contribution in [2.75, 3.05) is 7.11 Å². The van der Waals surface area contributed by atoms with Crippen molar-refractivity contribution >= 4 is 11.8 Å². The summed E-state index contributed by atoms with van der Waals surface area (Å²) in [5.41, 5.74) is -0.610. The van der Waals surface area contributed by atoms with Crippen LogP contribution in [0, 0.1) is 5.92 Å². The van der Waals surface area contributed by atoms with Gasteiger partial charge in [0.15, 0.2) is 0 Å². The van der Waals surface area contributed by atoms with Crippen molar-refractivity contribution in [3.05, 3.63) is 0 Å². The Hall–Kier alpha value is -1.10. The smallest absolute Gasteiger partial charge is 0.249 e. The third kappa shape index (κ3) is 2.26. The van der Waals surface area contributed by atoms with Gasteiger partial charge in [0.05, 0.1) is 6.10 Å². The van der Waals surface area contributed by atoms with E-state index in [1.807, 2.05) is 18.7 Å². The number of hydrogen-bond donors (Lipinski definition) is 1. The molecule has 2 amide bonds. The number of nitrogens with one attached hydrogen (secondary N) is 1. The summed E-state index contributed by atoms with van der Waals surface area (Å²) in [6.07, 6.45) is 5.58. The van der Waals surface area contributed by atoms with E-state index in [-0.39, 0.29) is 35.9 Å². The van der Waals surface area contributed by atoms with Crippen molar-refractivity contribution < 1.29 is 14.3 Å². The van der Waals surface area contributed by atoms with Crippen molar-refractivity contribution in [1.82, 2.24) is 10.2 Å². The highest BCUT2D eigenvalue weighted by Gasteiger charge is 2.55. The van der Waals surface area contributed by atoms with Crippen LogP contribution in [0.4, 0.5) is 0 Å². The number of carbonyl (C=O) groups is 2. The van der Waals surface area contributed by atoms with Crippen LogP contribution in [-0.2, 0) is 14.3 Å². The van der Waals surface area contributed by atoms with Crippen LogP contribution in [0.15, 0.2) is 0 Å². The molecule has 3 aliphatic rings. The van der Waals surface area contributed by atoms with Gasteiger partial charge in [-0.1, -0.05) is 26.7 Å². The van der Waals surface area contributed by atoms with Gasteiger partial charge in [-0.2, -0.15) is 0 Å². The van der Waals surface area contributed by atoms with Crippen molar-refractivity contribution in [2.24, 2.45) is 5.92 Å². The Kier molecular flexibility index (Phi) is 3.72. The van der Waals surface area contributed by atoms with E-state index in [1.165, 1.54) is 0 Å². The molecule has 1 spiro atoms. The summed E-state index contributed by atoms with van der Waals surface area (Å²) in [4.78, 5) is 27.6. The van der Waals surface area contributed by atoms with Gasteiger partial charge in [0.1, 0.15) is 11.6 Å². The molecule has 5 heteroatoms. The number of amides is 2. The summed E-state index contributed by atoms with van der Waals surface area (Å²) in [5.74, 6) is 0.319. The van der Waals surface area contributed by atoms with Gasteiger partial charge in [0.2, 0.25) is 11.8 Å². The molecule has 118 valence electrons. The number of piperazine rings is 1. The molecule has 3 fully saturated rings. The lowest BCUT2D eigenvalue weighted by Crippen LogP contribution is -2.73. The topological polar surface area (TPSA) is 58.6 Å². The standard InChI is InChI=1S/C16H26N2O3/c1-10(2)13-14(19)17-16(6-4-5-7-16)15(20)18(13)11-8-12(9-11)21-3/h10-13H,4-9H2,1-3H3,(H,17,19). The first-order chi connectivity index (χ1) is 9.98. The molecule has 1 unspecified atom stereocenters. The van der Waals surface area contributed by atoms with E-state index in [1.54, 1.807) is 7.11 Å². The van der Waals surface area contributed by atoms with Crippen LogP contribution in [-0.4, -0.2) is 47.6 Å². The summed E-state index contributed by atoms with van der Waals surface area (Å²) in [5, 5.41) is 3.07. The lowest BCUT2D eigenvalue weighted by atomic mass is 9.80. The van der Waals surface area contributed by atoms with Crippen LogP contribution >= 0.6 is 0 Å². The zero-order chi connectivity index (χ0) is 15.2. The average Bonchev–Trinajstić information content (AvgIpc) is 2.82. The van der Waals surface area contributed by atoms with Crippen LogP contribution in [0.2, 0.25) is 0 Å². The largest absolute Gasteiger partial charge is 0.381 e. The van der Waals surface area contributed by atoms with Crippen LogP contribution < -0.4 is 5.32 Å². The molecule has 21 heavy (non-hydrogen) atoms. The van der Waals surface area contributed by atoms with Gasteiger partial charge in [-0.25, -0.2) is 0 Å². The SMILES string of the molecule is COC1CC(N2C(=O)C3(CCCC3)NC(=O)C2C(C)C)C1. The van der Waals surface area contributed by atoms with E-state index in [0.717, 1.165) is 38.5 Å². The lowest BCUT2D eigenvalue weighted by molar-refractivity contribution is -0.166. The van der Waals surface area contributed by atoms with E-state index in [4.69, 9.17) is 4.74 Å². The predicted molar refractivity (Wildman–Crippen MR) is 78.6 cm³/mol. The van der Waals surface area contributed by atoms with Crippen molar-refractivity contribution in [3.8, 4) is 0 Å². The fourth-order valence-corrected chi connectivity index (χ4v) is 4.15. The molecule has 1 saturated heterocycles. The highest BCUT2D eigenvalue weighted by Crippen LogP contribution is 2.40. The molecule has 2 saturated carbocycles. The van der Waals surface area contributed by atoms with E-state index >= 15 is 0 Å². The lowest BCUT2D eigenvalue weighted by Gasteiger charge is -2.52. The number of carbonyl (C=O) groups excluding carboxylic acids is 2. The van der Waals surface area contributed by atoms with E-state index in [9.17, 15) is 9.59 Å². The van der Waals surface area contributed by atoms with E-state index in [0.29, 0.717) is 0 Å². The molecule has 1 atom stereocenters. The van der Waals surface area contributed by atoms with Crippen LogP contribution in [0.3, 0.4) is 0 Å². The van der Waals surface area contributed by atoms with Gasteiger partial charge < -0.3 is 15.0 Å². The van der Waals surface area contributed by atoms with Gasteiger partial charge >= 0.3 is 0 Å². The third-order valence-electron chi connectivity index (χ3n) is 5.46. The average molecular weight is 294 g/mol.